The molecule has 3 heterocycles. The molecule has 0 atom stereocenters. The second-order valence-electron chi connectivity index (χ2n) is 9.02. The Morgan fingerprint density at radius 1 is 1.09 bits per heavy atom. The summed E-state index contributed by atoms with van der Waals surface area (Å²) in [6.07, 6.45) is 5.57. The lowest BCUT2D eigenvalue weighted by atomic mass is 10.1. The fourth-order valence-electron chi connectivity index (χ4n) is 3.37. The van der Waals surface area contributed by atoms with E-state index in [2.05, 4.69) is 34.6 Å². The first-order valence-corrected chi connectivity index (χ1v) is 14.7. The summed E-state index contributed by atoms with van der Waals surface area (Å²) in [4.78, 5) is 13.2. The van der Waals surface area contributed by atoms with Crippen LogP contribution in [-0.2, 0) is 11.5 Å². The van der Waals surface area contributed by atoms with Gasteiger partial charge in [0.25, 0.3) is 0 Å². The molecule has 0 aliphatic rings. The number of rotatable bonds is 8. The highest BCUT2D eigenvalue weighted by Gasteiger charge is 2.20. The molecule has 0 aliphatic heterocycles. The van der Waals surface area contributed by atoms with Gasteiger partial charge in [0, 0.05) is 44.4 Å². The monoisotopic (exact) mass is 466 g/mol. The Labute approximate surface area is 194 Å². The number of benzene rings is 1. The molecule has 3 aromatic heterocycles. The number of ether oxygens (including phenoxy) is 2. The third-order valence-electron chi connectivity index (χ3n) is 5.06. The molecule has 166 valence electrons. The minimum Gasteiger partial charge on any atom is -0.438 e. The highest BCUT2D eigenvalue weighted by Crippen LogP contribution is 2.37. The van der Waals surface area contributed by atoms with Crippen LogP contribution < -0.4 is 4.74 Å². The third-order valence-corrected chi connectivity index (χ3v) is 6.93. The van der Waals surface area contributed by atoms with E-state index in [1.165, 1.54) is 0 Å². The number of fused-ring (bicyclic) bond motifs is 1. The molecule has 0 radical (unpaired) electrons. The van der Waals surface area contributed by atoms with E-state index >= 15 is 0 Å². The van der Waals surface area contributed by atoms with E-state index in [0.29, 0.717) is 30.6 Å². The van der Waals surface area contributed by atoms with Gasteiger partial charge in [-0.05, 0) is 48.3 Å². The van der Waals surface area contributed by atoms with Crippen molar-refractivity contribution in [2.45, 2.75) is 39.3 Å². The summed E-state index contributed by atoms with van der Waals surface area (Å²) in [7, 11) is -1.17. The molecule has 0 fully saturated rings. The van der Waals surface area contributed by atoms with Crippen LogP contribution in [0, 0.1) is 6.92 Å². The number of aryl methyl sites for hydroxylation is 1. The highest BCUT2D eigenvalue weighted by atomic mass is 35.5. The molecule has 1 aromatic carbocycles. The first-order chi connectivity index (χ1) is 15.3. The lowest BCUT2D eigenvalue weighted by Crippen LogP contribution is -2.22. The first-order valence-electron chi connectivity index (χ1n) is 10.6. The molecule has 0 saturated carbocycles. The van der Waals surface area contributed by atoms with E-state index in [-0.39, 0.29) is 5.28 Å². The van der Waals surface area contributed by atoms with Crippen LogP contribution in [0.2, 0.25) is 31.0 Å². The highest BCUT2D eigenvalue weighted by molar-refractivity contribution is 6.76. The van der Waals surface area contributed by atoms with Gasteiger partial charge in [0.15, 0.2) is 5.65 Å². The molecular weight excluding hydrogens is 440 g/mol. The number of halogens is 1. The molecule has 0 spiro atoms. The van der Waals surface area contributed by atoms with Crippen LogP contribution in [0.3, 0.4) is 0 Å². The van der Waals surface area contributed by atoms with E-state index < -0.39 is 8.07 Å². The van der Waals surface area contributed by atoms with Crippen LogP contribution in [0.15, 0.2) is 55.0 Å². The molecule has 0 N–H and O–H groups in total. The largest absolute Gasteiger partial charge is 0.438 e. The first kappa shape index (κ1) is 22.5. The Morgan fingerprint density at radius 3 is 2.66 bits per heavy atom. The molecule has 0 aliphatic carbocycles. The maximum Gasteiger partial charge on any atom is 0.233 e. The quantitative estimate of drug-likeness (QED) is 0.167. The van der Waals surface area contributed by atoms with Crippen LogP contribution in [-0.4, -0.2) is 34.2 Å². The van der Waals surface area contributed by atoms with Gasteiger partial charge in [0.2, 0.25) is 11.2 Å². The van der Waals surface area contributed by atoms with Gasteiger partial charge >= 0.3 is 0 Å². The third kappa shape index (κ3) is 5.35. The van der Waals surface area contributed by atoms with Gasteiger partial charge in [-0.3, -0.25) is 4.98 Å². The van der Waals surface area contributed by atoms with Crippen LogP contribution in [0.4, 0.5) is 0 Å². The zero-order valence-corrected chi connectivity index (χ0v) is 20.6. The van der Waals surface area contributed by atoms with E-state index in [1.54, 1.807) is 6.20 Å². The molecule has 4 aromatic rings. The normalized spacial score (nSPS) is 11.8. The Balaban J connectivity index is 1.77. The standard InChI is InChI=1S/C24H27ClN4O2Si/c1-17-7-5-9-19(13-17)31-23-21-20(18-8-6-10-26-14-18)15-29(22(21)27-24(25)28-23)16-30-11-12-32(2,3)4/h5-10,13-15H,11-12,16H2,1-4H3. The summed E-state index contributed by atoms with van der Waals surface area (Å²) in [6.45, 7) is 10.1. The number of nitrogens with zero attached hydrogens (tertiary/aromatic N) is 4. The van der Waals surface area contributed by atoms with Crippen molar-refractivity contribution in [1.82, 2.24) is 19.5 Å². The molecule has 32 heavy (non-hydrogen) atoms. The Kier molecular flexibility index (Phi) is 6.60. The average molecular weight is 467 g/mol. The number of pyridine rings is 1. The van der Waals surface area contributed by atoms with Crippen molar-refractivity contribution in [3.05, 3.63) is 65.8 Å². The lowest BCUT2D eigenvalue weighted by molar-refractivity contribution is 0.0899. The summed E-state index contributed by atoms with van der Waals surface area (Å²) in [5.74, 6) is 1.10. The zero-order chi connectivity index (χ0) is 22.7. The number of hydrogen-bond acceptors (Lipinski definition) is 5. The summed E-state index contributed by atoms with van der Waals surface area (Å²) < 4.78 is 14.2. The number of aromatic nitrogens is 4. The zero-order valence-electron chi connectivity index (χ0n) is 18.8. The van der Waals surface area contributed by atoms with Crippen molar-refractivity contribution in [2.24, 2.45) is 0 Å². The number of hydrogen-bond donors (Lipinski definition) is 0. The van der Waals surface area contributed by atoms with Crippen molar-refractivity contribution < 1.29 is 9.47 Å². The van der Waals surface area contributed by atoms with Gasteiger partial charge in [-0.2, -0.15) is 9.97 Å². The minimum atomic E-state index is -1.17. The van der Waals surface area contributed by atoms with Crippen LogP contribution in [0.1, 0.15) is 5.56 Å². The summed E-state index contributed by atoms with van der Waals surface area (Å²) in [6, 6.07) is 12.8. The Hall–Kier alpha value is -2.74. The van der Waals surface area contributed by atoms with E-state index in [9.17, 15) is 0 Å². The van der Waals surface area contributed by atoms with Gasteiger partial charge in [-0.1, -0.05) is 37.8 Å². The van der Waals surface area contributed by atoms with Crippen LogP contribution >= 0.6 is 11.6 Å². The predicted molar refractivity (Wildman–Crippen MR) is 131 cm³/mol. The van der Waals surface area contributed by atoms with E-state index in [0.717, 1.165) is 28.1 Å². The molecule has 6 nitrogen and oxygen atoms in total. The SMILES string of the molecule is Cc1cccc(Oc2nc(Cl)nc3c2c(-c2cccnc2)cn3COCC[Si](C)(C)C)c1. The maximum absolute atomic E-state index is 6.31. The van der Waals surface area contributed by atoms with Gasteiger partial charge in [0.05, 0.1) is 5.39 Å². The fraction of sp³-hybridized carbons (Fsp3) is 0.292. The van der Waals surface area contributed by atoms with Crippen molar-refractivity contribution >= 4 is 30.7 Å². The second-order valence-corrected chi connectivity index (χ2v) is 15.0. The molecule has 0 bridgehead atoms. The van der Waals surface area contributed by atoms with Gasteiger partial charge in [-0.25, -0.2) is 0 Å². The van der Waals surface area contributed by atoms with Gasteiger partial charge < -0.3 is 14.0 Å². The maximum atomic E-state index is 6.31. The van der Waals surface area contributed by atoms with Crippen molar-refractivity contribution in [3.8, 4) is 22.8 Å². The van der Waals surface area contributed by atoms with Crippen LogP contribution in [0.5, 0.6) is 11.6 Å². The van der Waals surface area contributed by atoms with Crippen molar-refractivity contribution in [2.75, 3.05) is 6.61 Å². The lowest BCUT2D eigenvalue weighted by Gasteiger charge is -2.15. The Bertz CT molecular complexity index is 1220. The molecule has 0 unspecified atom stereocenters. The average Bonchev–Trinajstić information content (AvgIpc) is 3.10. The van der Waals surface area contributed by atoms with E-state index in [1.807, 2.05) is 60.3 Å². The van der Waals surface area contributed by atoms with Crippen LogP contribution in [0.25, 0.3) is 22.2 Å². The van der Waals surface area contributed by atoms with Crippen molar-refractivity contribution in [1.29, 1.82) is 0 Å². The minimum absolute atomic E-state index is 0.124. The van der Waals surface area contributed by atoms with Gasteiger partial charge in [-0.15, -0.1) is 0 Å². The molecule has 0 amide bonds. The molecular formula is C24H27ClN4O2Si. The predicted octanol–water partition coefficient (Wildman–Crippen LogP) is 6.56. The van der Waals surface area contributed by atoms with Crippen molar-refractivity contribution in [3.63, 3.8) is 0 Å². The topological polar surface area (TPSA) is 62.1 Å². The van der Waals surface area contributed by atoms with E-state index in [4.69, 9.17) is 21.1 Å². The smallest absolute Gasteiger partial charge is 0.233 e. The summed E-state index contributed by atoms with van der Waals surface area (Å²) in [5, 5.41) is 0.900. The summed E-state index contributed by atoms with van der Waals surface area (Å²) >= 11 is 6.31. The Morgan fingerprint density at radius 2 is 1.94 bits per heavy atom. The fourth-order valence-corrected chi connectivity index (χ4v) is 4.29. The summed E-state index contributed by atoms with van der Waals surface area (Å²) in [5.41, 5.74) is 3.62. The molecule has 8 heteroatoms. The molecule has 4 rings (SSSR count). The second kappa shape index (κ2) is 9.40. The van der Waals surface area contributed by atoms with Gasteiger partial charge in [0.1, 0.15) is 12.5 Å². The molecule has 0 saturated heterocycles.